The van der Waals surface area contributed by atoms with E-state index in [0.29, 0.717) is 18.3 Å². The first-order valence-electron chi connectivity index (χ1n) is 9.34. The lowest BCUT2D eigenvalue weighted by molar-refractivity contribution is 0.0435. The molecule has 0 spiro atoms. The SMILES string of the molecule is CCNC(=NCC(C)(O)c1ccco1)N(C)Cc1ncc(-c2ccccc2)[nH]1.I. The van der Waals surface area contributed by atoms with E-state index in [1.807, 2.05) is 55.4 Å². The Morgan fingerprint density at radius 2 is 2.03 bits per heavy atom. The number of nitrogens with one attached hydrogen (secondary N) is 2. The van der Waals surface area contributed by atoms with Gasteiger partial charge in [0.2, 0.25) is 0 Å². The second-order valence-corrected chi connectivity index (χ2v) is 6.89. The van der Waals surface area contributed by atoms with Gasteiger partial charge >= 0.3 is 0 Å². The van der Waals surface area contributed by atoms with E-state index in [1.165, 1.54) is 0 Å². The Hall–Kier alpha value is -2.33. The van der Waals surface area contributed by atoms with Crippen LogP contribution < -0.4 is 5.32 Å². The van der Waals surface area contributed by atoms with Crippen molar-refractivity contribution in [3.05, 3.63) is 66.5 Å². The molecule has 2 heterocycles. The van der Waals surface area contributed by atoms with Gasteiger partial charge in [-0.15, -0.1) is 24.0 Å². The molecule has 7 nitrogen and oxygen atoms in total. The topological polar surface area (TPSA) is 89.7 Å². The van der Waals surface area contributed by atoms with Crippen LogP contribution in [0.1, 0.15) is 25.4 Å². The zero-order chi connectivity index (χ0) is 20.0. The number of benzene rings is 1. The quantitative estimate of drug-likeness (QED) is 0.257. The van der Waals surface area contributed by atoms with E-state index >= 15 is 0 Å². The van der Waals surface area contributed by atoms with Gasteiger partial charge in [-0.2, -0.15) is 0 Å². The van der Waals surface area contributed by atoms with Gasteiger partial charge in [0.1, 0.15) is 17.2 Å². The third-order valence-corrected chi connectivity index (χ3v) is 4.39. The molecule has 3 aromatic rings. The fourth-order valence-electron chi connectivity index (χ4n) is 2.87. The second-order valence-electron chi connectivity index (χ2n) is 6.89. The fraction of sp³-hybridized carbons (Fsp3) is 0.333. The molecule has 1 aromatic carbocycles. The van der Waals surface area contributed by atoms with Gasteiger partial charge in [0.05, 0.1) is 31.2 Å². The van der Waals surface area contributed by atoms with E-state index in [2.05, 4.69) is 20.3 Å². The minimum absolute atomic E-state index is 0. The highest BCUT2D eigenvalue weighted by Gasteiger charge is 2.26. The first kappa shape index (κ1) is 23.0. The number of rotatable bonds is 7. The number of hydrogen-bond acceptors (Lipinski definition) is 4. The van der Waals surface area contributed by atoms with Crippen molar-refractivity contribution < 1.29 is 9.52 Å². The van der Waals surface area contributed by atoms with Gasteiger partial charge in [0, 0.05) is 13.6 Å². The Bertz CT molecular complexity index is 891. The van der Waals surface area contributed by atoms with Crippen molar-refractivity contribution >= 4 is 29.9 Å². The lowest BCUT2D eigenvalue weighted by Gasteiger charge is -2.23. The first-order valence-corrected chi connectivity index (χ1v) is 9.34. The summed E-state index contributed by atoms with van der Waals surface area (Å²) in [6.07, 6.45) is 3.39. The van der Waals surface area contributed by atoms with Crippen molar-refractivity contribution in [2.24, 2.45) is 4.99 Å². The maximum Gasteiger partial charge on any atom is 0.194 e. The van der Waals surface area contributed by atoms with Gasteiger partial charge in [-0.3, -0.25) is 0 Å². The average molecular weight is 509 g/mol. The number of nitrogens with zero attached hydrogens (tertiary/aromatic N) is 3. The summed E-state index contributed by atoms with van der Waals surface area (Å²) in [5, 5.41) is 13.9. The van der Waals surface area contributed by atoms with Crippen molar-refractivity contribution in [3.63, 3.8) is 0 Å². The number of halogens is 1. The summed E-state index contributed by atoms with van der Waals surface area (Å²) >= 11 is 0. The van der Waals surface area contributed by atoms with E-state index in [4.69, 9.17) is 4.42 Å². The highest BCUT2D eigenvalue weighted by Crippen LogP contribution is 2.21. The molecule has 1 atom stereocenters. The number of aliphatic hydroxyl groups is 1. The van der Waals surface area contributed by atoms with Crippen LogP contribution in [0.3, 0.4) is 0 Å². The molecule has 0 saturated heterocycles. The zero-order valence-electron chi connectivity index (χ0n) is 16.9. The number of hydrogen-bond donors (Lipinski definition) is 3. The molecule has 1 unspecified atom stereocenters. The van der Waals surface area contributed by atoms with Gasteiger partial charge in [-0.1, -0.05) is 30.3 Å². The highest BCUT2D eigenvalue weighted by atomic mass is 127. The Kier molecular flexibility index (Phi) is 8.27. The molecule has 156 valence electrons. The van der Waals surface area contributed by atoms with E-state index in [1.54, 1.807) is 25.3 Å². The minimum Gasteiger partial charge on any atom is -0.466 e. The van der Waals surface area contributed by atoms with Crippen LogP contribution in [-0.2, 0) is 12.1 Å². The molecule has 2 aromatic heterocycles. The maximum absolute atomic E-state index is 10.6. The molecule has 0 aliphatic heterocycles. The molecule has 0 aliphatic rings. The monoisotopic (exact) mass is 509 g/mol. The number of aromatic amines is 1. The van der Waals surface area contributed by atoms with E-state index < -0.39 is 5.60 Å². The number of guanidine groups is 1. The summed E-state index contributed by atoms with van der Waals surface area (Å²) in [7, 11) is 1.94. The predicted molar refractivity (Wildman–Crippen MR) is 125 cm³/mol. The minimum atomic E-state index is -1.17. The van der Waals surface area contributed by atoms with E-state index in [0.717, 1.165) is 23.6 Å². The molecular formula is C21H28IN5O2. The van der Waals surface area contributed by atoms with Crippen molar-refractivity contribution in [1.29, 1.82) is 0 Å². The van der Waals surface area contributed by atoms with Crippen LogP contribution in [0.2, 0.25) is 0 Å². The van der Waals surface area contributed by atoms with Crippen molar-refractivity contribution in [3.8, 4) is 11.3 Å². The van der Waals surface area contributed by atoms with Gasteiger partial charge in [-0.25, -0.2) is 9.98 Å². The van der Waals surface area contributed by atoms with Crippen LogP contribution in [0.5, 0.6) is 0 Å². The number of H-pyrrole nitrogens is 1. The molecule has 29 heavy (non-hydrogen) atoms. The Labute approximate surface area is 188 Å². The van der Waals surface area contributed by atoms with E-state index in [-0.39, 0.29) is 30.5 Å². The summed E-state index contributed by atoms with van der Waals surface area (Å²) in [5.41, 5.74) is 0.904. The van der Waals surface area contributed by atoms with Crippen molar-refractivity contribution in [1.82, 2.24) is 20.2 Å². The summed E-state index contributed by atoms with van der Waals surface area (Å²) in [4.78, 5) is 14.4. The van der Waals surface area contributed by atoms with Crippen LogP contribution in [0.4, 0.5) is 0 Å². The van der Waals surface area contributed by atoms with Crippen LogP contribution in [-0.4, -0.2) is 46.1 Å². The Morgan fingerprint density at radius 3 is 2.69 bits per heavy atom. The van der Waals surface area contributed by atoms with Crippen LogP contribution >= 0.6 is 24.0 Å². The van der Waals surface area contributed by atoms with Crippen LogP contribution in [0.15, 0.2) is 64.3 Å². The molecule has 0 radical (unpaired) electrons. The lowest BCUT2D eigenvalue weighted by atomic mass is 10.0. The molecule has 0 aliphatic carbocycles. The number of imidazole rings is 1. The molecule has 3 N–H and O–H groups in total. The van der Waals surface area contributed by atoms with Crippen molar-refractivity contribution in [2.75, 3.05) is 20.1 Å². The number of furan rings is 1. The second kappa shape index (κ2) is 10.4. The van der Waals surface area contributed by atoms with E-state index in [9.17, 15) is 5.11 Å². The van der Waals surface area contributed by atoms with Gasteiger partial charge in [0.15, 0.2) is 5.96 Å². The maximum atomic E-state index is 10.6. The third kappa shape index (κ3) is 6.07. The van der Waals surface area contributed by atoms with Gasteiger partial charge in [0.25, 0.3) is 0 Å². The average Bonchev–Trinajstić information content (AvgIpc) is 3.38. The third-order valence-electron chi connectivity index (χ3n) is 4.39. The summed E-state index contributed by atoms with van der Waals surface area (Å²) < 4.78 is 5.32. The summed E-state index contributed by atoms with van der Waals surface area (Å²) in [6.45, 7) is 5.16. The molecule has 0 bridgehead atoms. The molecule has 0 saturated carbocycles. The zero-order valence-corrected chi connectivity index (χ0v) is 19.3. The molecule has 0 amide bonds. The lowest BCUT2D eigenvalue weighted by Crippen LogP contribution is -2.40. The fourth-order valence-corrected chi connectivity index (χ4v) is 2.87. The predicted octanol–water partition coefficient (Wildman–Crippen LogP) is 3.59. The van der Waals surface area contributed by atoms with Crippen LogP contribution in [0, 0.1) is 0 Å². The van der Waals surface area contributed by atoms with Gasteiger partial charge < -0.3 is 24.7 Å². The molecule has 0 fully saturated rings. The molecule has 8 heteroatoms. The first-order chi connectivity index (χ1) is 13.5. The largest absolute Gasteiger partial charge is 0.466 e. The summed E-state index contributed by atoms with van der Waals surface area (Å²) in [6, 6.07) is 13.6. The van der Waals surface area contributed by atoms with Gasteiger partial charge in [-0.05, 0) is 31.5 Å². The smallest absolute Gasteiger partial charge is 0.194 e. The summed E-state index contributed by atoms with van der Waals surface area (Å²) in [5.74, 6) is 2.02. The Morgan fingerprint density at radius 1 is 1.28 bits per heavy atom. The van der Waals surface area contributed by atoms with Crippen molar-refractivity contribution in [2.45, 2.75) is 26.0 Å². The molecular weight excluding hydrogens is 481 g/mol. The standard InChI is InChI=1S/C21H27N5O2.HI/c1-4-22-20(24-15-21(2,27)18-11-8-12-28-18)26(3)14-19-23-13-17(25-19)16-9-6-5-7-10-16;/h5-13,27H,4,14-15H2,1-3H3,(H,22,24)(H,23,25);1H. The molecule has 3 rings (SSSR count). The number of aromatic nitrogens is 2. The Balaban J connectivity index is 0.00000300. The normalized spacial score (nSPS) is 13.4. The highest BCUT2D eigenvalue weighted by molar-refractivity contribution is 14.0. The van der Waals surface area contributed by atoms with Crippen LogP contribution in [0.25, 0.3) is 11.3 Å². The number of aliphatic imine (C=N–C) groups is 1.